The maximum absolute atomic E-state index is 12.9. The molecule has 0 unspecified atom stereocenters. The largest absolute Gasteiger partial charge is 0.417 e. The zero-order chi connectivity index (χ0) is 13.2. The Hall–Kier alpha value is -1.30. The van der Waals surface area contributed by atoms with Crippen molar-refractivity contribution in [1.29, 1.82) is 0 Å². The van der Waals surface area contributed by atoms with E-state index >= 15 is 0 Å². The second-order valence-corrected chi connectivity index (χ2v) is 3.78. The minimum absolute atomic E-state index is 0. The van der Waals surface area contributed by atoms with Crippen molar-refractivity contribution in [2.45, 2.75) is 12.7 Å². The van der Waals surface area contributed by atoms with E-state index in [4.69, 9.17) is 5.73 Å². The molecule has 1 heterocycles. The molecule has 20 heavy (non-hydrogen) atoms. The van der Waals surface area contributed by atoms with Crippen LogP contribution in [0.4, 0.5) is 13.2 Å². The molecular weight excluding hydrogens is 312 g/mol. The normalized spacial score (nSPS) is 10.4. The van der Waals surface area contributed by atoms with Crippen LogP contribution in [0.5, 0.6) is 0 Å². The van der Waals surface area contributed by atoms with E-state index in [0.29, 0.717) is 11.1 Å². The molecule has 2 rings (SSSR count). The zero-order valence-corrected chi connectivity index (χ0v) is 11.9. The molecule has 110 valence electrons. The van der Waals surface area contributed by atoms with E-state index < -0.39 is 11.7 Å². The van der Waals surface area contributed by atoms with Gasteiger partial charge in [-0.05, 0) is 28.8 Å². The third-order valence-electron chi connectivity index (χ3n) is 2.65. The van der Waals surface area contributed by atoms with Crippen molar-refractivity contribution in [1.82, 2.24) is 4.98 Å². The molecule has 1 aromatic carbocycles. The van der Waals surface area contributed by atoms with Crippen molar-refractivity contribution in [2.75, 3.05) is 0 Å². The Labute approximate surface area is 127 Å². The Morgan fingerprint density at radius 3 is 2.25 bits per heavy atom. The molecule has 0 saturated heterocycles. The quantitative estimate of drug-likeness (QED) is 0.904. The van der Waals surface area contributed by atoms with E-state index in [9.17, 15) is 13.2 Å². The summed E-state index contributed by atoms with van der Waals surface area (Å²) in [6.07, 6.45) is -1.43. The molecule has 0 fully saturated rings. The number of hydrogen-bond donors (Lipinski definition) is 1. The van der Waals surface area contributed by atoms with E-state index in [1.807, 2.05) is 0 Å². The van der Waals surface area contributed by atoms with E-state index in [-0.39, 0.29) is 36.9 Å². The summed E-state index contributed by atoms with van der Waals surface area (Å²) in [5, 5.41) is 0. The Morgan fingerprint density at radius 2 is 1.65 bits per heavy atom. The molecule has 1 aromatic heterocycles. The van der Waals surface area contributed by atoms with Gasteiger partial charge in [-0.25, -0.2) is 0 Å². The Bertz CT molecular complexity index is 559. The molecule has 0 bridgehead atoms. The molecular formula is C13H13Cl2F3N2. The summed E-state index contributed by atoms with van der Waals surface area (Å²) in [5.74, 6) is 0. The molecule has 0 spiro atoms. The van der Waals surface area contributed by atoms with E-state index in [0.717, 1.165) is 6.07 Å². The third kappa shape index (κ3) is 3.85. The number of pyridine rings is 1. The first-order valence-electron chi connectivity index (χ1n) is 5.33. The number of hydrogen-bond acceptors (Lipinski definition) is 2. The van der Waals surface area contributed by atoms with Gasteiger partial charge >= 0.3 is 6.18 Å². The molecule has 2 aromatic rings. The van der Waals surface area contributed by atoms with Crippen LogP contribution in [0.15, 0.2) is 42.7 Å². The summed E-state index contributed by atoms with van der Waals surface area (Å²) in [4.78, 5) is 3.87. The zero-order valence-electron chi connectivity index (χ0n) is 10.2. The molecule has 7 heteroatoms. The molecule has 2 N–H and O–H groups in total. The van der Waals surface area contributed by atoms with Crippen LogP contribution in [0.3, 0.4) is 0 Å². The lowest BCUT2D eigenvalue weighted by Gasteiger charge is -2.14. The number of benzene rings is 1. The lowest BCUT2D eigenvalue weighted by Crippen LogP contribution is -2.08. The van der Waals surface area contributed by atoms with Gasteiger partial charge in [0.2, 0.25) is 0 Å². The first kappa shape index (κ1) is 18.7. The van der Waals surface area contributed by atoms with Crippen LogP contribution in [-0.2, 0) is 12.7 Å². The number of rotatable bonds is 2. The number of halogens is 5. The van der Waals surface area contributed by atoms with Crippen molar-refractivity contribution in [2.24, 2.45) is 5.73 Å². The Balaban J connectivity index is 0.00000180. The second kappa shape index (κ2) is 7.47. The fourth-order valence-electron chi connectivity index (χ4n) is 1.82. The van der Waals surface area contributed by atoms with Gasteiger partial charge in [-0.3, -0.25) is 4.98 Å². The van der Waals surface area contributed by atoms with E-state index in [1.165, 1.54) is 24.5 Å². The van der Waals surface area contributed by atoms with Crippen LogP contribution in [0.25, 0.3) is 11.1 Å². The standard InChI is InChI=1S/C13H11F3N2.2ClH/c14-13(15,16)12-4-2-1-3-11(12)10-5-6-18-8-9(10)7-17;;/h1-6,8H,7,17H2;2*1H. The van der Waals surface area contributed by atoms with Crippen LogP contribution < -0.4 is 5.73 Å². The van der Waals surface area contributed by atoms with Gasteiger partial charge < -0.3 is 5.73 Å². The van der Waals surface area contributed by atoms with Gasteiger partial charge in [-0.15, -0.1) is 24.8 Å². The predicted molar refractivity (Wildman–Crippen MR) is 77.1 cm³/mol. The fraction of sp³-hybridized carbons (Fsp3) is 0.154. The van der Waals surface area contributed by atoms with Crippen LogP contribution in [0, 0.1) is 0 Å². The summed E-state index contributed by atoms with van der Waals surface area (Å²) in [6.45, 7) is 0.148. The summed E-state index contributed by atoms with van der Waals surface area (Å²) in [7, 11) is 0. The maximum Gasteiger partial charge on any atom is 0.417 e. The number of nitrogens with zero attached hydrogens (tertiary/aromatic N) is 1. The van der Waals surface area contributed by atoms with Crippen molar-refractivity contribution < 1.29 is 13.2 Å². The van der Waals surface area contributed by atoms with Crippen LogP contribution in [0.2, 0.25) is 0 Å². The first-order chi connectivity index (χ1) is 8.54. The van der Waals surface area contributed by atoms with Gasteiger partial charge in [0.05, 0.1) is 5.56 Å². The van der Waals surface area contributed by atoms with Gasteiger partial charge in [0.15, 0.2) is 0 Å². The van der Waals surface area contributed by atoms with Crippen molar-refractivity contribution in [3.63, 3.8) is 0 Å². The minimum Gasteiger partial charge on any atom is -0.326 e. The first-order valence-corrected chi connectivity index (χ1v) is 5.33. The van der Waals surface area contributed by atoms with Crippen LogP contribution in [-0.4, -0.2) is 4.98 Å². The summed E-state index contributed by atoms with van der Waals surface area (Å²) in [6, 6.07) is 7.00. The summed E-state index contributed by atoms with van der Waals surface area (Å²) < 4.78 is 38.8. The lowest BCUT2D eigenvalue weighted by atomic mass is 9.96. The molecule has 0 atom stereocenters. The smallest absolute Gasteiger partial charge is 0.326 e. The topological polar surface area (TPSA) is 38.9 Å². The highest BCUT2D eigenvalue weighted by Gasteiger charge is 2.33. The van der Waals surface area contributed by atoms with E-state index in [2.05, 4.69) is 4.98 Å². The number of nitrogens with two attached hydrogens (primary N) is 1. The molecule has 0 aliphatic heterocycles. The van der Waals surface area contributed by atoms with Crippen LogP contribution in [0.1, 0.15) is 11.1 Å². The predicted octanol–water partition coefficient (Wildman–Crippen LogP) is 4.07. The Kier molecular flexibility index (Phi) is 6.99. The highest BCUT2D eigenvalue weighted by atomic mass is 35.5. The second-order valence-electron chi connectivity index (χ2n) is 3.78. The third-order valence-corrected chi connectivity index (χ3v) is 2.65. The van der Waals surface area contributed by atoms with Crippen molar-refractivity contribution in [3.05, 3.63) is 53.9 Å². The van der Waals surface area contributed by atoms with Gasteiger partial charge in [0, 0.05) is 18.9 Å². The van der Waals surface area contributed by atoms with Gasteiger partial charge in [0.1, 0.15) is 0 Å². The lowest BCUT2D eigenvalue weighted by molar-refractivity contribution is -0.137. The highest BCUT2D eigenvalue weighted by molar-refractivity contribution is 5.85. The monoisotopic (exact) mass is 324 g/mol. The van der Waals surface area contributed by atoms with Crippen molar-refractivity contribution in [3.8, 4) is 11.1 Å². The summed E-state index contributed by atoms with van der Waals surface area (Å²) in [5.41, 5.74) is 6.06. The molecule has 0 aliphatic carbocycles. The highest BCUT2D eigenvalue weighted by Crippen LogP contribution is 2.37. The number of aromatic nitrogens is 1. The molecule has 0 saturated carbocycles. The van der Waals surface area contributed by atoms with Gasteiger partial charge in [0.25, 0.3) is 0 Å². The van der Waals surface area contributed by atoms with Gasteiger partial charge in [-0.2, -0.15) is 13.2 Å². The molecule has 0 radical (unpaired) electrons. The fourth-order valence-corrected chi connectivity index (χ4v) is 1.82. The minimum atomic E-state index is -4.38. The average Bonchev–Trinajstić information content (AvgIpc) is 2.37. The SMILES string of the molecule is Cl.Cl.NCc1cnccc1-c1ccccc1C(F)(F)F. The average molecular weight is 325 g/mol. The van der Waals surface area contributed by atoms with Crippen molar-refractivity contribution >= 4 is 24.8 Å². The molecule has 0 aliphatic rings. The van der Waals surface area contributed by atoms with E-state index in [1.54, 1.807) is 12.1 Å². The molecule has 0 amide bonds. The van der Waals surface area contributed by atoms with Crippen LogP contribution >= 0.6 is 24.8 Å². The maximum atomic E-state index is 12.9. The van der Waals surface area contributed by atoms with Gasteiger partial charge in [-0.1, -0.05) is 18.2 Å². The number of alkyl halides is 3. The molecule has 2 nitrogen and oxygen atoms in total. The summed E-state index contributed by atoms with van der Waals surface area (Å²) >= 11 is 0. The Morgan fingerprint density at radius 1 is 1.00 bits per heavy atom.